The molecular formula is C27H30N2. The van der Waals surface area contributed by atoms with Crippen molar-refractivity contribution in [3.05, 3.63) is 83.9 Å². The minimum atomic E-state index is -0.122. The predicted molar refractivity (Wildman–Crippen MR) is 123 cm³/mol. The first-order chi connectivity index (χ1) is 13.7. The van der Waals surface area contributed by atoms with Gasteiger partial charge >= 0.3 is 0 Å². The molecule has 0 spiro atoms. The van der Waals surface area contributed by atoms with E-state index in [1.165, 1.54) is 27.9 Å². The van der Waals surface area contributed by atoms with Crippen molar-refractivity contribution in [2.75, 3.05) is 4.90 Å². The van der Waals surface area contributed by atoms with E-state index in [0.717, 1.165) is 5.69 Å². The highest BCUT2D eigenvalue weighted by atomic mass is 15.4. The highest BCUT2D eigenvalue weighted by molar-refractivity contribution is 5.83. The molecule has 2 heteroatoms. The molecular weight excluding hydrogens is 352 g/mol. The van der Waals surface area contributed by atoms with Crippen molar-refractivity contribution in [3.8, 4) is 11.1 Å². The summed E-state index contributed by atoms with van der Waals surface area (Å²) in [5.74, 6) is 0. The first kappa shape index (κ1) is 19.4. The highest BCUT2D eigenvalue weighted by Gasteiger charge is 2.52. The van der Waals surface area contributed by atoms with Crippen LogP contribution in [-0.4, -0.2) is 22.0 Å². The molecule has 0 amide bonds. The molecule has 1 heterocycles. The van der Waals surface area contributed by atoms with Crippen LogP contribution in [0.4, 0.5) is 11.4 Å². The van der Waals surface area contributed by atoms with E-state index in [-0.39, 0.29) is 11.1 Å². The zero-order chi connectivity index (χ0) is 20.8. The van der Waals surface area contributed by atoms with Crippen LogP contribution in [0.1, 0.15) is 38.8 Å². The Morgan fingerprint density at radius 3 is 1.90 bits per heavy atom. The first-order valence-corrected chi connectivity index (χ1v) is 10.3. The van der Waals surface area contributed by atoms with Crippen molar-refractivity contribution < 1.29 is 4.58 Å². The summed E-state index contributed by atoms with van der Waals surface area (Å²) in [6.45, 7) is 13.5. The monoisotopic (exact) mass is 382 g/mol. The van der Waals surface area contributed by atoms with E-state index in [1.807, 2.05) is 0 Å². The molecule has 3 aromatic rings. The topological polar surface area (TPSA) is 6.25 Å². The SMILES string of the molecule is Cc1cccc(C)c1-c1ccc(N2[C-]=[N+](c3ccccc3)C(C)(C)C2(C)C)cc1. The van der Waals surface area contributed by atoms with Crippen LogP contribution >= 0.6 is 0 Å². The fourth-order valence-corrected chi connectivity index (χ4v) is 4.28. The summed E-state index contributed by atoms with van der Waals surface area (Å²) in [5, 5.41) is 0. The minimum absolute atomic E-state index is 0.111. The Morgan fingerprint density at radius 1 is 0.724 bits per heavy atom. The average molecular weight is 383 g/mol. The number of anilines is 1. The molecule has 0 saturated carbocycles. The van der Waals surface area contributed by atoms with E-state index in [4.69, 9.17) is 0 Å². The lowest BCUT2D eigenvalue weighted by Gasteiger charge is -2.40. The standard InChI is InChI=1S/C27H30N2/c1-20-11-10-12-21(2)25(20)22-15-17-24(18-16-22)29-19-28(23-13-8-7-9-14-23)26(3,4)27(29,5)6/h7-18H,1-6H3. The van der Waals surface area contributed by atoms with Gasteiger partial charge in [0.2, 0.25) is 6.34 Å². The Balaban J connectivity index is 1.75. The van der Waals surface area contributed by atoms with Crippen LogP contribution < -0.4 is 4.90 Å². The first-order valence-electron chi connectivity index (χ1n) is 10.3. The Hall–Kier alpha value is -2.87. The molecule has 2 nitrogen and oxygen atoms in total. The van der Waals surface area contributed by atoms with E-state index in [9.17, 15) is 0 Å². The normalized spacial score (nSPS) is 17.3. The van der Waals surface area contributed by atoms with E-state index in [2.05, 4.69) is 130 Å². The van der Waals surface area contributed by atoms with Gasteiger partial charge in [-0.05, 0) is 63.8 Å². The number of hydrogen-bond donors (Lipinski definition) is 0. The summed E-state index contributed by atoms with van der Waals surface area (Å²) in [6, 6.07) is 25.9. The fourth-order valence-electron chi connectivity index (χ4n) is 4.28. The molecule has 0 aromatic heterocycles. The van der Waals surface area contributed by atoms with Crippen LogP contribution in [0, 0.1) is 13.8 Å². The zero-order valence-electron chi connectivity index (χ0n) is 18.3. The predicted octanol–water partition coefficient (Wildman–Crippen LogP) is 6.60. The third-order valence-corrected chi connectivity index (χ3v) is 6.72. The Labute approximate surface area is 175 Å². The molecule has 0 aliphatic carbocycles. The third-order valence-electron chi connectivity index (χ3n) is 6.72. The van der Waals surface area contributed by atoms with Crippen molar-refractivity contribution in [1.29, 1.82) is 0 Å². The van der Waals surface area contributed by atoms with Crippen molar-refractivity contribution in [1.82, 2.24) is 0 Å². The Bertz CT molecular complexity index is 1040. The second-order valence-electron chi connectivity index (χ2n) is 9.04. The third kappa shape index (κ3) is 3.07. The number of para-hydroxylation sites is 1. The molecule has 1 aliphatic heterocycles. The summed E-state index contributed by atoms with van der Waals surface area (Å²) < 4.78 is 2.27. The molecule has 0 saturated heterocycles. The quantitative estimate of drug-likeness (QED) is 0.365. The van der Waals surface area contributed by atoms with E-state index >= 15 is 0 Å². The maximum absolute atomic E-state index is 3.65. The molecule has 3 aromatic carbocycles. The zero-order valence-corrected chi connectivity index (χ0v) is 18.3. The van der Waals surface area contributed by atoms with Crippen molar-refractivity contribution in [2.24, 2.45) is 0 Å². The molecule has 0 N–H and O–H groups in total. The highest BCUT2D eigenvalue weighted by Crippen LogP contribution is 2.41. The lowest BCUT2D eigenvalue weighted by Crippen LogP contribution is -2.54. The number of nitrogens with zero attached hydrogens (tertiary/aromatic N) is 2. The molecule has 29 heavy (non-hydrogen) atoms. The molecule has 0 unspecified atom stereocenters. The number of hydrogen-bond acceptors (Lipinski definition) is 1. The van der Waals surface area contributed by atoms with Gasteiger partial charge in [-0.1, -0.05) is 72.8 Å². The van der Waals surface area contributed by atoms with Gasteiger partial charge < -0.3 is 9.48 Å². The van der Waals surface area contributed by atoms with Gasteiger partial charge in [0, 0.05) is 11.4 Å². The second-order valence-corrected chi connectivity index (χ2v) is 9.04. The number of benzene rings is 3. The van der Waals surface area contributed by atoms with Crippen molar-refractivity contribution in [3.63, 3.8) is 0 Å². The van der Waals surface area contributed by atoms with Gasteiger partial charge in [-0.2, -0.15) is 0 Å². The number of rotatable bonds is 3. The molecule has 4 rings (SSSR count). The summed E-state index contributed by atoms with van der Waals surface area (Å²) >= 11 is 0. The van der Waals surface area contributed by atoms with Crippen LogP contribution in [0.5, 0.6) is 0 Å². The summed E-state index contributed by atoms with van der Waals surface area (Å²) in [6.07, 6.45) is 3.65. The lowest BCUT2D eigenvalue weighted by molar-refractivity contribution is -0.520. The van der Waals surface area contributed by atoms with Crippen LogP contribution in [0.2, 0.25) is 0 Å². The van der Waals surface area contributed by atoms with Crippen LogP contribution in [0.25, 0.3) is 11.1 Å². The number of aryl methyl sites for hydroxylation is 2. The molecule has 0 radical (unpaired) electrons. The van der Waals surface area contributed by atoms with Gasteiger partial charge in [-0.25, -0.2) is 0 Å². The van der Waals surface area contributed by atoms with Crippen molar-refractivity contribution in [2.45, 2.75) is 52.6 Å². The van der Waals surface area contributed by atoms with Gasteiger partial charge in [-0.3, -0.25) is 0 Å². The van der Waals surface area contributed by atoms with Gasteiger partial charge in [0.25, 0.3) is 0 Å². The largest absolute Gasteiger partial charge is 0.329 e. The maximum Gasteiger partial charge on any atom is 0.207 e. The maximum atomic E-state index is 3.65. The molecule has 0 bridgehead atoms. The van der Waals surface area contributed by atoms with Crippen LogP contribution in [-0.2, 0) is 0 Å². The summed E-state index contributed by atoms with van der Waals surface area (Å²) in [4.78, 5) is 2.29. The van der Waals surface area contributed by atoms with E-state index in [0.29, 0.717) is 0 Å². The van der Waals surface area contributed by atoms with Gasteiger partial charge in [-0.15, -0.1) is 0 Å². The fraction of sp³-hybridized carbons (Fsp3) is 0.296. The minimum Gasteiger partial charge on any atom is -0.329 e. The summed E-state index contributed by atoms with van der Waals surface area (Å²) in [7, 11) is 0. The molecule has 0 atom stereocenters. The van der Waals surface area contributed by atoms with Crippen LogP contribution in [0.3, 0.4) is 0 Å². The van der Waals surface area contributed by atoms with Gasteiger partial charge in [0.15, 0.2) is 0 Å². The smallest absolute Gasteiger partial charge is 0.207 e. The van der Waals surface area contributed by atoms with Gasteiger partial charge in [0.1, 0.15) is 11.1 Å². The average Bonchev–Trinajstić information content (AvgIpc) is 2.88. The molecule has 0 fully saturated rings. The lowest BCUT2D eigenvalue weighted by atomic mass is 9.81. The van der Waals surface area contributed by atoms with E-state index < -0.39 is 0 Å². The van der Waals surface area contributed by atoms with Gasteiger partial charge in [0.05, 0.1) is 0 Å². The van der Waals surface area contributed by atoms with Crippen molar-refractivity contribution >= 4 is 17.7 Å². The molecule has 148 valence electrons. The van der Waals surface area contributed by atoms with E-state index in [1.54, 1.807) is 0 Å². The summed E-state index contributed by atoms with van der Waals surface area (Å²) in [5.41, 5.74) is 7.32. The Morgan fingerprint density at radius 2 is 1.31 bits per heavy atom. The Kier molecular flexibility index (Phi) is 4.61. The second kappa shape index (κ2) is 6.88. The molecule has 1 aliphatic rings. The van der Waals surface area contributed by atoms with Crippen LogP contribution in [0.15, 0.2) is 72.8 Å².